The summed E-state index contributed by atoms with van der Waals surface area (Å²) in [6.07, 6.45) is 7.28. The van der Waals surface area contributed by atoms with Gasteiger partial charge in [-0.1, -0.05) is 6.42 Å². The topological polar surface area (TPSA) is 53.4 Å². The van der Waals surface area contributed by atoms with E-state index in [1.807, 2.05) is 6.07 Å². The van der Waals surface area contributed by atoms with Crippen molar-refractivity contribution in [2.24, 2.45) is 17.8 Å². The lowest BCUT2D eigenvalue weighted by Crippen LogP contribution is -2.28. The molecule has 0 spiro atoms. The lowest BCUT2D eigenvalue weighted by molar-refractivity contribution is 0.0690. The summed E-state index contributed by atoms with van der Waals surface area (Å²) in [5, 5.41) is 8.97. The van der Waals surface area contributed by atoms with Crippen LogP contribution in [0.1, 0.15) is 41.7 Å². The van der Waals surface area contributed by atoms with Gasteiger partial charge in [0.15, 0.2) is 0 Å². The SMILES string of the molecule is CN(Cc1ccnc(C(=O)O)c1)CC1CC2CCC1C2. The molecule has 3 unspecified atom stereocenters. The van der Waals surface area contributed by atoms with Crippen LogP contribution in [0.5, 0.6) is 0 Å². The second kappa shape index (κ2) is 5.52. The molecule has 0 aliphatic heterocycles. The van der Waals surface area contributed by atoms with Gasteiger partial charge in [0.1, 0.15) is 5.69 Å². The summed E-state index contributed by atoms with van der Waals surface area (Å²) in [5.74, 6) is 1.81. The monoisotopic (exact) mass is 274 g/mol. The smallest absolute Gasteiger partial charge is 0.354 e. The van der Waals surface area contributed by atoms with E-state index in [4.69, 9.17) is 5.11 Å². The van der Waals surface area contributed by atoms with Gasteiger partial charge in [-0.15, -0.1) is 0 Å². The molecule has 3 atom stereocenters. The number of aromatic nitrogens is 1. The highest BCUT2D eigenvalue weighted by Gasteiger charge is 2.39. The van der Waals surface area contributed by atoms with Crippen molar-refractivity contribution in [3.05, 3.63) is 29.6 Å². The van der Waals surface area contributed by atoms with Gasteiger partial charge in [-0.2, -0.15) is 0 Å². The highest BCUT2D eigenvalue weighted by atomic mass is 16.4. The van der Waals surface area contributed by atoms with Crippen LogP contribution in [0, 0.1) is 17.8 Å². The molecule has 4 heteroatoms. The minimum Gasteiger partial charge on any atom is -0.477 e. The first-order valence-electron chi connectivity index (χ1n) is 7.48. The standard InChI is InChI=1S/C16H22N2O2/c1-18(10-14-7-11-2-3-13(14)6-11)9-12-4-5-17-15(8-12)16(19)20/h4-5,8,11,13-14H,2-3,6-7,9-10H2,1H3,(H,19,20). The van der Waals surface area contributed by atoms with Crippen molar-refractivity contribution in [1.82, 2.24) is 9.88 Å². The number of carboxylic acid groups (broad SMARTS) is 1. The minimum atomic E-state index is -0.956. The molecule has 2 aliphatic rings. The van der Waals surface area contributed by atoms with Crippen molar-refractivity contribution in [3.63, 3.8) is 0 Å². The van der Waals surface area contributed by atoms with Crippen LogP contribution in [0.25, 0.3) is 0 Å². The number of nitrogens with zero attached hydrogens (tertiary/aromatic N) is 2. The highest BCUT2D eigenvalue weighted by molar-refractivity contribution is 5.85. The molecular weight excluding hydrogens is 252 g/mol. The predicted octanol–water partition coefficient (Wildman–Crippen LogP) is 2.65. The largest absolute Gasteiger partial charge is 0.477 e. The molecule has 0 aromatic carbocycles. The van der Waals surface area contributed by atoms with Gasteiger partial charge in [0.05, 0.1) is 0 Å². The summed E-state index contributed by atoms with van der Waals surface area (Å²) in [4.78, 5) is 17.1. The maximum absolute atomic E-state index is 10.9. The van der Waals surface area contributed by atoms with E-state index in [1.165, 1.54) is 25.7 Å². The summed E-state index contributed by atoms with van der Waals surface area (Å²) in [6, 6.07) is 3.59. The number of carboxylic acids is 1. The second-order valence-corrected chi connectivity index (χ2v) is 6.49. The Kier molecular flexibility index (Phi) is 3.74. The Morgan fingerprint density at radius 1 is 1.45 bits per heavy atom. The van der Waals surface area contributed by atoms with E-state index in [1.54, 1.807) is 12.3 Å². The molecular formula is C16H22N2O2. The van der Waals surface area contributed by atoms with Crippen molar-refractivity contribution >= 4 is 5.97 Å². The van der Waals surface area contributed by atoms with Crippen molar-refractivity contribution in [2.75, 3.05) is 13.6 Å². The molecule has 2 fully saturated rings. The van der Waals surface area contributed by atoms with Crippen LogP contribution in [-0.4, -0.2) is 34.6 Å². The number of hydrogen-bond donors (Lipinski definition) is 1. The third-order valence-corrected chi connectivity index (χ3v) is 4.93. The summed E-state index contributed by atoms with van der Waals surface area (Å²) in [5.41, 5.74) is 1.17. The maximum atomic E-state index is 10.9. The van der Waals surface area contributed by atoms with Crippen molar-refractivity contribution in [2.45, 2.75) is 32.2 Å². The van der Waals surface area contributed by atoms with Gasteiger partial charge in [-0.3, -0.25) is 0 Å². The van der Waals surface area contributed by atoms with Gasteiger partial charge in [0.25, 0.3) is 0 Å². The Morgan fingerprint density at radius 3 is 2.95 bits per heavy atom. The normalized spacial score (nSPS) is 28.2. The molecule has 20 heavy (non-hydrogen) atoms. The highest BCUT2D eigenvalue weighted by Crippen LogP contribution is 2.48. The van der Waals surface area contributed by atoms with Crippen LogP contribution >= 0.6 is 0 Å². The minimum absolute atomic E-state index is 0.135. The lowest BCUT2D eigenvalue weighted by atomic mass is 9.88. The number of carbonyl (C=O) groups is 1. The summed E-state index contributed by atoms with van der Waals surface area (Å²) < 4.78 is 0. The van der Waals surface area contributed by atoms with E-state index in [0.29, 0.717) is 0 Å². The summed E-state index contributed by atoms with van der Waals surface area (Å²) in [7, 11) is 2.13. The number of aromatic carboxylic acids is 1. The Labute approximate surface area is 119 Å². The molecule has 2 aliphatic carbocycles. The molecule has 1 heterocycles. The van der Waals surface area contributed by atoms with Gasteiger partial charge < -0.3 is 10.0 Å². The van der Waals surface area contributed by atoms with Gasteiger partial charge in [-0.05, 0) is 61.8 Å². The van der Waals surface area contributed by atoms with Crippen LogP contribution in [0.4, 0.5) is 0 Å². The van der Waals surface area contributed by atoms with E-state index >= 15 is 0 Å². The molecule has 0 radical (unpaired) electrons. The Hall–Kier alpha value is -1.42. The van der Waals surface area contributed by atoms with E-state index in [2.05, 4.69) is 16.9 Å². The van der Waals surface area contributed by atoms with Gasteiger partial charge >= 0.3 is 5.97 Å². The molecule has 0 saturated heterocycles. The molecule has 1 aromatic rings. The van der Waals surface area contributed by atoms with Crippen LogP contribution < -0.4 is 0 Å². The Bertz CT molecular complexity index is 503. The van der Waals surface area contributed by atoms with Gasteiger partial charge in [0, 0.05) is 19.3 Å². The average Bonchev–Trinajstić information content (AvgIpc) is 3.01. The Balaban J connectivity index is 1.57. The van der Waals surface area contributed by atoms with Crippen molar-refractivity contribution < 1.29 is 9.90 Å². The first kappa shape index (κ1) is 13.6. The molecule has 0 amide bonds. The average molecular weight is 274 g/mol. The fourth-order valence-corrected chi connectivity index (χ4v) is 4.07. The molecule has 1 N–H and O–H groups in total. The first-order valence-corrected chi connectivity index (χ1v) is 7.48. The third-order valence-electron chi connectivity index (χ3n) is 4.93. The second-order valence-electron chi connectivity index (χ2n) is 6.49. The molecule has 4 nitrogen and oxygen atoms in total. The number of fused-ring (bicyclic) bond motifs is 2. The molecule has 108 valence electrons. The zero-order valence-electron chi connectivity index (χ0n) is 12.0. The maximum Gasteiger partial charge on any atom is 0.354 e. The molecule has 2 bridgehead atoms. The van der Waals surface area contributed by atoms with Gasteiger partial charge in [-0.25, -0.2) is 9.78 Å². The van der Waals surface area contributed by atoms with E-state index in [-0.39, 0.29) is 5.69 Å². The third kappa shape index (κ3) is 2.85. The molecule has 3 rings (SSSR count). The predicted molar refractivity (Wildman–Crippen MR) is 76.5 cm³/mol. The van der Waals surface area contributed by atoms with Crippen molar-refractivity contribution in [1.29, 1.82) is 0 Å². The fraction of sp³-hybridized carbons (Fsp3) is 0.625. The van der Waals surface area contributed by atoms with Crippen LogP contribution in [0.15, 0.2) is 18.3 Å². The Morgan fingerprint density at radius 2 is 2.30 bits per heavy atom. The van der Waals surface area contributed by atoms with E-state index in [0.717, 1.165) is 36.4 Å². The molecule has 1 aromatic heterocycles. The van der Waals surface area contributed by atoms with E-state index < -0.39 is 5.97 Å². The number of hydrogen-bond acceptors (Lipinski definition) is 3. The van der Waals surface area contributed by atoms with Crippen molar-refractivity contribution in [3.8, 4) is 0 Å². The fourth-order valence-electron chi connectivity index (χ4n) is 4.07. The van der Waals surface area contributed by atoms with Gasteiger partial charge in [0.2, 0.25) is 0 Å². The summed E-state index contributed by atoms with van der Waals surface area (Å²) in [6.45, 7) is 1.93. The first-order chi connectivity index (χ1) is 9.61. The van der Waals surface area contributed by atoms with Crippen LogP contribution in [0.3, 0.4) is 0 Å². The summed E-state index contributed by atoms with van der Waals surface area (Å²) >= 11 is 0. The number of pyridine rings is 1. The van der Waals surface area contributed by atoms with Crippen LogP contribution in [0.2, 0.25) is 0 Å². The number of rotatable bonds is 5. The quantitative estimate of drug-likeness (QED) is 0.897. The van der Waals surface area contributed by atoms with E-state index in [9.17, 15) is 4.79 Å². The molecule has 2 saturated carbocycles. The lowest BCUT2D eigenvalue weighted by Gasteiger charge is -2.27. The zero-order chi connectivity index (χ0) is 14.1. The zero-order valence-corrected chi connectivity index (χ0v) is 12.0. The van der Waals surface area contributed by atoms with Crippen LogP contribution in [-0.2, 0) is 6.54 Å².